The molecule has 0 heterocycles. The number of nitrogens with one attached hydrogen (secondary N) is 4. The third kappa shape index (κ3) is 6.08. The van der Waals surface area contributed by atoms with Gasteiger partial charge in [-0.15, -0.1) is 0 Å². The van der Waals surface area contributed by atoms with Gasteiger partial charge in [0, 0.05) is 37.8 Å². The van der Waals surface area contributed by atoms with Gasteiger partial charge in [0.25, 0.3) is 11.8 Å². The van der Waals surface area contributed by atoms with Gasteiger partial charge in [0.2, 0.25) is 0 Å². The first kappa shape index (κ1) is 20.9. The smallest absolute Gasteiger partial charge is 0.315 e. The molecule has 0 spiro atoms. The minimum Gasteiger partial charge on any atom is -0.355 e. The van der Waals surface area contributed by atoms with Gasteiger partial charge in [-0.3, -0.25) is 9.59 Å². The zero-order valence-electron chi connectivity index (χ0n) is 15.8. The molecule has 0 aromatic heterocycles. The first-order chi connectivity index (χ1) is 13.4. The van der Waals surface area contributed by atoms with Crippen LogP contribution in [0.3, 0.4) is 0 Å². The van der Waals surface area contributed by atoms with Crippen molar-refractivity contribution < 1.29 is 18.8 Å². The Morgan fingerprint density at radius 1 is 0.857 bits per heavy atom. The quantitative estimate of drug-likeness (QED) is 0.545. The first-order valence-electron chi connectivity index (χ1n) is 8.77. The molecule has 0 bridgehead atoms. The van der Waals surface area contributed by atoms with E-state index in [1.54, 1.807) is 44.3 Å². The molecule has 0 unspecified atom stereocenters. The lowest BCUT2D eigenvalue weighted by molar-refractivity contribution is 0.0949. The summed E-state index contributed by atoms with van der Waals surface area (Å²) in [5.41, 5.74) is 2.09. The van der Waals surface area contributed by atoms with E-state index in [0.29, 0.717) is 17.7 Å². The van der Waals surface area contributed by atoms with E-state index < -0.39 is 11.7 Å². The van der Waals surface area contributed by atoms with Gasteiger partial charge in [-0.1, -0.05) is 18.2 Å². The van der Waals surface area contributed by atoms with Crippen LogP contribution in [0.1, 0.15) is 31.8 Å². The Morgan fingerprint density at radius 3 is 2.14 bits per heavy atom. The topological polar surface area (TPSA) is 99.3 Å². The van der Waals surface area contributed by atoms with E-state index in [9.17, 15) is 18.8 Å². The highest BCUT2D eigenvalue weighted by Gasteiger charge is 2.08. The first-order valence-corrected chi connectivity index (χ1v) is 8.77. The second-order valence-electron chi connectivity index (χ2n) is 6.11. The third-order valence-electron chi connectivity index (χ3n) is 4.03. The van der Waals surface area contributed by atoms with E-state index in [2.05, 4.69) is 21.3 Å². The molecule has 8 heteroatoms. The lowest BCUT2D eigenvalue weighted by Gasteiger charge is -2.09. The average molecular weight is 386 g/mol. The van der Waals surface area contributed by atoms with Crippen LogP contribution >= 0.6 is 0 Å². The van der Waals surface area contributed by atoms with Gasteiger partial charge in [0.15, 0.2) is 0 Å². The van der Waals surface area contributed by atoms with Crippen LogP contribution in [-0.2, 0) is 6.54 Å². The van der Waals surface area contributed by atoms with Gasteiger partial charge < -0.3 is 21.3 Å². The zero-order chi connectivity index (χ0) is 20.5. The fraction of sp³-hybridized carbons (Fsp3) is 0.250. The second-order valence-corrected chi connectivity index (χ2v) is 6.11. The summed E-state index contributed by atoms with van der Waals surface area (Å²) in [5.74, 6) is -1.02. The number of benzene rings is 2. The van der Waals surface area contributed by atoms with Crippen LogP contribution in [0.15, 0.2) is 42.5 Å². The van der Waals surface area contributed by atoms with Crippen LogP contribution in [0.4, 0.5) is 9.18 Å². The summed E-state index contributed by atoms with van der Waals surface area (Å²) in [6, 6.07) is 10.7. The number of amides is 4. The highest BCUT2D eigenvalue weighted by atomic mass is 19.1. The molecule has 148 valence electrons. The number of carbonyl (C=O) groups is 3. The number of carbonyl (C=O) groups excluding carboxylic acids is 3. The minimum absolute atomic E-state index is 0.173. The van der Waals surface area contributed by atoms with Crippen LogP contribution in [0.25, 0.3) is 0 Å². The Morgan fingerprint density at radius 2 is 1.50 bits per heavy atom. The minimum atomic E-state index is -0.437. The Balaban J connectivity index is 1.67. The molecule has 2 aromatic rings. The summed E-state index contributed by atoms with van der Waals surface area (Å²) in [6.45, 7) is 2.36. The second kappa shape index (κ2) is 10.1. The largest absolute Gasteiger partial charge is 0.355 e. The van der Waals surface area contributed by atoms with Crippen molar-refractivity contribution in [3.63, 3.8) is 0 Å². The van der Waals surface area contributed by atoms with E-state index in [0.717, 1.165) is 5.56 Å². The Hall–Kier alpha value is -3.42. The van der Waals surface area contributed by atoms with Gasteiger partial charge in [-0.25, -0.2) is 9.18 Å². The molecule has 0 saturated carbocycles. The van der Waals surface area contributed by atoms with Crippen molar-refractivity contribution in [2.24, 2.45) is 0 Å². The predicted octanol–water partition coefficient (Wildman–Crippen LogP) is 1.72. The van der Waals surface area contributed by atoms with E-state index in [4.69, 9.17) is 0 Å². The van der Waals surface area contributed by atoms with Gasteiger partial charge >= 0.3 is 6.03 Å². The van der Waals surface area contributed by atoms with Crippen molar-refractivity contribution >= 4 is 17.8 Å². The SMILES string of the molecule is CNC(=O)c1ccc(CNC(=O)NCCNC(=O)c2ccc(C)c(F)c2)cc1. The molecular formula is C20H23FN4O3. The van der Waals surface area contributed by atoms with Gasteiger partial charge in [0.05, 0.1) is 0 Å². The molecule has 0 fully saturated rings. The average Bonchev–Trinajstić information content (AvgIpc) is 2.71. The highest BCUT2D eigenvalue weighted by Crippen LogP contribution is 2.08. The monoisotopic (exact) mass is 386 g/mol. The Kier molecular flexibility index (Phi) is 7.50. The third-order valence-corrected chi connectivity index (χ3v) is 4.03. The maximum absolute atomic E-state index is 13.5. The highest BCUT2D eigenvalue weighted by molar-refractivity contribution is 5.94. The molecule has 0 aliphatic rings. The zero-order valence-corrected chi connectivity index (χ0v) is 15.8. The van der Waals surface area contributed by atoms with Crippen molar-refractivity contribution in [3.8, 4) is 0 Å². The summed E-state index contributed by atoms with van der Waals surface area (Å²) < 4.78 is 13.5. The van der Waals surface area contributed by atoms with E-state index in [1.807, 2.05) is 0 Å². The lowest BCUT2D eigenvalue weighted by Crippen LogP contribution is -2.40. The summed E-state index contributed by atoms with van der Waals surface area (Å²) in [7, 11) is 1.56. The number of rotatable bonds is 7. The van der Waals surface area contributed by atoms with Crippen LogP contribution in [-0.4, -0.2) is 38.0 Å². The van der Waals surface area contributed by atoms with Crippen molar-refractivity contribution in [2.45, 2.75) is 13.5 Å². The lowest BCUT2D eigenvalue weighted by atomic mass is 10.1. The van der Waals surface area contributed by atoms with E-state index in [-0.39, 0.29) is 30.6 Å². The number of hydrogen-bond donors (Lipinski definition) is 4. The number of urea groups is 1. The van der Waals surface area contributed by atoms with Gasteiger partial charge in [-0.2, -0.15) is 0 Å². The normalized spacial score (nSPS) is 10.1. The van der Waals surface area contributed by atoms with E-state index in [1.165, 1.54) is 12.1 Å². The number of hydrogen-bond acceptors (Lipinski definition) is 3. The molecule has 0 aliphatic carbocycles. The molecule has 0 aliphatic heterocycles. The summed E-state index contributed by atoms with van der Waals surface area (Å²) in [4.78, 5) is 35.2. The Bertz CT molecular complexity index is 853. The van der Waals surface area contributed by atoms with Gasteiger partial charge in [0.1, 0.15) is 5.82 Å². The molecule has 0 radical (unpaired) electrons. The van der Waals surface area contributed by atoms with Gasteiger partial charge in [-0.05, 0) is 42.3 Å². The number of aryl methyl sites for hydroxylation is 1. The summed E-state index contributed by atoms with van der Waals surface area (Å²) in [5, 5.41) is 10.4. The summed E-state index contributed by atoms with van der Waals surface area (Å²) >= 11 is 0. The van der Waals surface area contributed by atoms with Crippen molar-refractivity contribution in [2.75, 3.05) is 20.1 Å². The molecular weight excluding hydrogens is 363 g/mol. The van der Waals surface area contributed by atoms with Crippen molar-refractivity contribution in [1.82, 2.24) is 21.3 Å². The van der Waals surface area contributed by atoms with Crippen LogP contribution < -0.4 is 21.3 Å². The van der Waals surface area contributed by atoms with E-state index >= 15 is 0 Å². The fourth-order valence-electron chi connectivity index (χ4n) is 2.35. The van der Waals surface area contributed by atoms with Crippen LogP contribution in [0.2, 0.25) is 0 Å². The molecule has 28 heavy (non-hydrogen) atoms. The molecule has 0 atom stereocenters. The molecule has 0 saturated heterocycles. The van der Waals surface area contributed by atoms with Crippen LogP contribution in [0, 0.1) is 12.7 Å². The fourth-order valence-corrected chi connectivity index (χ4v) is 2.35. The standard InChI is InChI=1S/C20H23FN4O3/c1-13-3-6-16(11-17(13)21)19(27)23-9-10-24-20(28)25-12-14-4-7-15(8-5-14)18(26)22-2/h3-8,11H,9-10,12H2,1-2H3,(H,22,26)(H,23,27)(H2,24,25,28). The molecule has 2 aromatic carbocycles. The number of halogens is 1. The summed E-state index contributed by atoms with van der Waals surface area (Å²) in [6.07, 6.45) is 0. The Labute approximate surface area is 162 Å². The van der Waals surface area contributed by atoms with Crippen molar-refractivity contribution in [1.29, 1.82) is 0 Å². The molecule has 4 N–H and O–H groups in total. The molecule has 4 amide bonds. The molecule has 2 rings (SSSR count). The molecule has 7 nitrogen and oxygen atoms in total. The van der Waals surface area contributed by atoms with Crippen LogP contribution in [0.5, 0.6) is 0 Å². The maximum Gasteiger partial charge on any atom is 0.315 e. The predicted molar refractivity (Wildman–Crippen MR) is 104 cm³/mol. The maximum atomic E-state index is 13.5. The van der Waals surface area contributed by atoms with Crippen molar-refractivity contribution in [3.05, 3.63) is 70.5 Å².